The number of aromatic nitrogens is 3. The molecule has 182 valence electrons. The standard InChI is InChI=1S/C17H25N11O3.2ClH/c1-27-7-9(5-10(27)15(30)22-4-3-11(18)19)24-16(31)14-26-12(8-28(14)2)25-13(29)6-23-17(20)21;;/h5,7-8H,3-4,6H2,1-2H3,(H3,18,19)(H,22,30)(H,24,31)(H,25,29)(H4,20,21,23);2*1H. The van der Waals surface area contributed by atoms with Gasteiger partial charge in [-0.25, -0.2) is 9.98 Å². The molecular formula is C17H27Cl2N11O3. The highest BCUT2D eigenvalue weighted by Crippen LogP contribution is 2.15. The van der Waals surface area contributed by atoms with E-state index < -0.39 is 11.8 Å². The summed E-state index contributed by atoms with van der Waals surface area (Å²) in [5.41, 5.74) is 16.3. The summed E-state index contributed by atoms with van der Waals surface area (Å²) >= 11 is 0. The Labute approximate surface area is 201 Å². The Bertz CT molecular complexity index is 1040. The van der Waals surface area contributed by atoms with E-state index in [0.29, 0.717) is 11.4 Å². The minimum absolute atomic E-state index is 0. The number of carbonyl (C=O) groups is 3. The molecule has 0 saturated carbocycles. The fraction of sp³-hybridized carbons (Fsp3) is 0.294. The van der Waals surface area contributed by atoms with E-state index in [1.807, 2.05) is 0 Å². The van der Waals surface area contributed by atoms with Crippen LogP contribution in [0.3, 0.4) is 0 Å². The normalized spacial score (nSPS) is 9.64. The van der Waals surface area contributed by atoms with Crippen molar-refractivity contribution in [3.8, 4) is 0 Å². The number of nitrogens with one attached hydrogen (secondary N) is 4. The number of amidine groups is 1. The minimum Gasteiger partial charge on any atom is -0.388 e. The van der Waals surface area contributed by atoms with Gasteiger partial charge in [-0.2, -0.15) is 0 Å². The SMILES string of the molecule is Cl.Cl.Cn1cc(NC(=O)c2nc(NC(=O)CN=C(N)N)cn2C)cc1C(=O)NCCC(=N)N. The van der Waals surface area contributed by atoms with Crippen LogP contribution in [0.1, 0.15) is 27.5 Å². The number of hydrogen-bond donors (Lipinski definition) is 7. The molecule has 2 aromatic rings. The number of nitrogens with two attached hydrogens (primary N) is 3. The van der Waals surface area contributed by atoms with Gasteiger partial charge in [-0.1, -0.05) is 0 Å². The first-order valence-electron chi connectivity index (χ1n) is 9.04. The number of imidazole rings is 1. The van der Waals surface area contributed by atoms with Crippen LogP contribution in [0.4, 0.5) is 11.5 Å². The van der Waals surface area contributed by atoms with Crippen LogP contribution in [-0.2, 0) is 18.9 Å². The summed E-state index contributed by atoms with van der Waals surface area (Å²) in [5, 5.41) is 14.9. The number of halogens is 2. The van der Waals surface area contributed by atoms with Crippen molar-refractivity contribution in [3.63, 3.8) is 0 Å². The van der Waals surface area contributed by atoms with Crippen molar-refractivity contribution in [2.45, 2.75) is 6.42 Å². The summed E-state index contributed by atoms with van der Waals surface area (Å²) < 4.78 is 2.98. The van der Waals surface area contributed by atoms with Crippen molar-refractivity contribution in [1.82, 2.24) is 19.4 Å². The highest BCUT2D eigenvalue weighted by molar-refractivity contribution is 6.03. The Balaban J connectivity index is 0.00000512. The van der Waals surface area contributed by atoms with Gasteiger partial charge in [0.2, 0.25) is 11.7 Å². The molecule has 0 atom stereocenters. The molecule has 0 aliphatic carbocycles. The molecule has 0 aromatic carbocycles. The number of anilines is 2. The summed E-state index contributed by atoms with van der Waals surface area (Å²) in [6.07, 6.45) is 3.27. The number of aliphatic imine (C=N–C) groups is 1. The van der Waals surface area contributed by atoms with Crippen LogP contribution in [0.5, 0.6) is 0 Å². The maximum Gasteiger partial charge on any atom is 0.291 e. The van der Waals surface area contributed by atoms with Crippen LogP contribution in [0.15, 0.2) is 23.5 Å². The molecule has 0 aliphatic heterocycles. The van der Waals surface area contributed by atoms with Crippen molar-refractivity contribution < 1.29 is 14.4 Å². The van der Waals surface area contributed by atoms with Crippen molar-refractivity contribution in [3.05, 3.63) is 30.0 Å². The second-order valence-corrected chi connectivity index (χ2v) is 6.56. The lowest BCUT2D eigenvalue weighted by Gasteiger charge is -2.04. The third-order valence-electron chi connectivity index (χ3n) is 3.93. The van der Waals surface area contributed by atoms with Gasteiger partial charge in [0, 0.05) is 39.5 Å². The molecule has 3 amide bonds. The highest BCUT2D eigenvalue weighted by atomic mass is 35.5. The second-order valence-electron chi connectivity index (χ2n) is 6.56. The van der Waals surface area contributed by atoms with E-state index >= 15 is 0 Å². The van der Waals surface area contributed by atoms with Gasteiger partial charge in [-0.05, 0) is 6.07 Å². The van der Waals surface area contributed by atoms with E-state index in [1.54, 1.807) is 24.9 Å². The van der Waals surface area contributed by atoms with E-state index in [9.17, 15) is 14.4 Å². The quantitative estimate of drug-likeness (QED) is 0.168. The summed E-state index contributed by atoms with van der Waals surface area (Å²) in [7, 11) is 3.24. The van der Waals surface area contributed by atoms with Gasteiger partial charge >= 0.3 is 0 Å². The van der Waals surface area contributed by atoms with Gasteiger partial charge in [0.25, 0.3) is 11.8 Å². The molecule has 2 rings (SSSR count). The molecule has 10 N–H and O–H groups in total. The Hall–Kier alpha value is -3.78. The van der Waals surface area contributed by atoms with E-state index in [-0.39, 0.29) is 73.7 Å². The molecule has 0 spiro atoms. The molecular weight excluding hydrogens is 477 g/mol. The first-order chi connectivity index (χ1) is 14.6. The monoisotopic (exact) mass is 503 g/mol. The maximum absolute atomic E-state index is 12.6. The smallest absolute Gasteiger partial charge is 0.291 e. The van der Waals surface area contributed by atoms with Gasteiger partial charge < -0.3 is 42.3 Å². The van der Waals surface area contributed by atoms with Gasteiger partial charge in [0.15, 0.2) is 11.8 Å². The Morgan fingerprint density at radius 1 is 1.06 bits per heavy atom. The van der Waals surface area contributed by atoms with E-state index in [0.717, 1.165) is 0 Å². The van der Waals surface area contributed by atoms with E-state index in [2.05, 4.69) is 25.9 Å². The Morgan fingerprint density at radius 2 is 1.73 bits per heavy atom. The number of carbonyl (C=O) groups excluding carboxylic acids is 3. The lowest BCUT2D eigenvalue weighted by atomic mass is 10.3. The zero-order chi connectivity index (χ0) is 23.1. The van der Waals surface area contributed by atoms with Gasteiger partial charge in [0.05, 0.1) is 11.5 Å². The zero-order valence-electron chi connectivity index (χ0n) is 17.9. The molecule has 0 bridgehead atoms. The van der Waals surface area contributed by atoms with Crippen LogP contribution in [-0.4, -0.2) is 56.7 Å². The van der Waals surface area contributed by atoms with E-state index in [4.69, 9.17) is 22.6 Å². The molecule has 0 aliphatic rings. The van der Waals surface area contributed by atoms with Gasteiger partial charge in [-0.15, -0.1) is 24.8 Å². The lowest BCUT2D eigenvalue weighted by molar-refractivity contribution is -0.114. The second kappa shape index (κ2) is 12.9. The molecule has 16 heteroatoms. The minimum atomic E-state index is -0.540. The van der Waals surface area contributed by atoms with Crippen molar-refractivity contribution in [1.29, 1.82) is 5.41 Å². The Morgan fingerprint density at radius 3 is 2.33 bits per heavy atom. The average Bonchev–Trinajstić information content (AvgIpc) is 3.21. The fourth-order valence-corrected chi connectivity index (χ4v) is 2.53. The summed E-state index contributed by atoms with van der Waals surface area (Å²) in [6.45, 7) is -0.0479. The lowest BCUT2D eigenvalue weighted by Crippen LogP contribution is -2.28. The number of amides is 3. The van der Waals surface area contributed by atoms with Crippen LogP contribution >= 0.6 is 24.8 Å². The number of nitrogens with zero attached hydrogens (tertiary/aromatic N) is 4. The summed E-state index contributed by atoms with van der Waals surface area (Å²) in [5.74, 6) is -1.46. The fourth-order valence-electron chi connectivity index (χ4n) is 2.53. The van der Waals surface area contributed by atoms with Gasteiger partial charge in [-0.3, -0.25) is 19.8 Å². The van der Waals surface area contributed by atoms with Crippen molar-refractivity contribution in [2.75, 3.05) is 23.7 Å². The predicted molar refractivity (Wildman–Crippen MR) is 129 cm³/mol. The van der Waals surface area contributed by atoms with E-state index in [1.165, 1.54) is 16.8 Å². The predicted octanol–water partition coefficient (Wildman–Crippen LogP) is -0.878. The zero-order valence-corrected chi connectivity index (χ0v) is 19.5. The number of guanidine groups is 1. The maximum atomic E-state index is 12.6. The van der Waals surface area contributed by atoms with Crippen molar-refractivity contribution in [2.24, 2.45) is 36.3 Å². The molecule has 0 fully saturated rings. The topological polar surface area (TPSA) is 224 Å². The third-order valence-corrected chi connectivity index (χ3v) is 3.93. The molecule has 14 nitrogen and oxygen atoms in total. The largest absolute Gasteiger partial charge is 0.388 e. The van der Waals surface area contributed by atoms with Crippen LogP contribution in [0.25, 0.3) is 0 Å². The van der Waals surface area contributed by atoms with Crippen molar-refractivity contribution >= 4 is 65.8 Å². The first-order valence-corrected chi connectivity index (χ1v) is 9.04. The molecule has 0 saturated heterocycles. The van der Waals surface area contributed by atoms with Crippen LogP contribution in [0.2, 0.25) is 0 Å². The van der Waals surface area contributed by atoms with Gasteiger partial charge in [0.1, 0.15) is 12.2 Å². The Kier molecular flexibility index (Phi) is 11.4. The molecule has 0 unspecified atom stereocenters. The number of hydrogen-bond acceptors (Lipinski definition) is 6. The first kappa shape index (κ1) is 29.2. The highest BCUT2D eigenvalue weighted by Gasteiger charge is 2.18. The van der Waals surface area contributed by atoms with Crippen LogP contribution in [0, 0.1) is 5.41 Å². The number of aryl methyl sites for hydroxylation is 2. The third kappa shape index (κ3) is 8.70. The summed E-state index contributed by atoms with van der Waals surface area (Å²) in [6, 6.07) is 1.50. The molecule has 2 aromatic heterocycles. The molecule has 2 heterocycles. The number of rotatable bonds is 9. The summed E-state index contributed by atoms with van der Waals surface area (Å²) in [4.78, 5) is 44.3. The molecule has 0 radical (unpaired) electrons. The average molecular weight is 504 g/mol. The van der Waals surface area contributed by atoms with Crippen LogP contribution < -0.4 is 33.2 Å². The molecule has 33 heavy (non-hydrogen) atoms.